The van der Waals surface area contributed by atoms with Crippen LogP contribution in [0.15, 0.2) is 71.3 Å². The molecular formula is C23H27N. The minimum absolute atomic E-state index is 0.143. The quantitative estimate of drug-likeness (QED) is 0.674. The van der Waals surface area contributed by atoms with Crippen LogP contribution in [-0.4, -0.2) is 0 Å². The summed E-state index contributed by atoms with van der Waals surface area (Å²) >= 11 is 0. The maximum atomic E-state index is 3.70. The standard InChI is InChI=1S/C23H27N/c1-16-15-21(18(3)17(16)2)20-13-9-10-14-22(20)23(4,5)24-19-11-7-6-8-12-19/h6-14,24H,15H2,1-5H3. The third-order valence-corrected chi connectivity index (χ3v) is 5.25. The summed E-state index contributed by atoms with van der Waals surface area (Å²) < 4.78 is 0. The predicted octanol–water partition coefficient (Wildman–Crippen LogP) is 6.55. The Hall–Kier alpha value is -2.28. The fraction of sp³-hybridized carbons (Fsp3) is 0.304. The van der Waals surface area contributed by atoms with Gasteiger partial charge in [-0.05, 0) is 81.0 Å². The molecule has 3 rings (SSSR count). The Balaban J connectivity index is 2.01. The van der Waals surface area contributed by atoms with Crippen molar-refractivity contribution in [3.8, 4) is 0 Å². The smallest absolute Gasteiger partial charge is 0.0575 e. The Kier molecular flexibility index (Phi) is 4.36. The highest BCUT2D eigenvalue weighted by atomic mass is 15.0. The Bertz CT molecular complexity index is 807. The van der Waals surface area contributed by atoms with Gasteiger partial charge in [0.15, 0.2) is 0 Å². The highest BCUT2D eigenvalue weighted by Crippen LogP contribution is 2.41. The Morgan fingerprint density at radius 3 is 2.04 bits per heavy atom. The van der Waals surface area contributed by atoms with E-state index in [1.807, 2.05) is 0 Å². The molecule has 0 fully saturated rings. The molecule has 0 saturated heterocycles. The molecule has 24 heavy (non-hydrogen) atoms. The summed E-state index contributed by atoms with van der Waals surface area (Å²) in [5, 5.41) is 3.70. The lowest BCUT2D eigenvalue weighted by atomic mass is 9.85. The molecule has 0 bridgehead atoms. The van der Waals surface area contributed by atoms with Crippen LogP contribution in [-0.2, 0) is 5.54 Å². The van der Waals surface area contributed by atoms with Crippen LogP contribution in [0.1, 0.15) is 52.2 Å². The molecule has 0 spiro atoms. The molecule has 0 saturated carbocycles. The zero-order chi connectivity index (χ0) is 17.3. The topological polar surface area (TPSA) is 12.0 Å². The van der Waals surface area contributed by atoms with Crippen LogP contribution in [0.4, 0.5) is 5.69 Å². The molecule has 124 valence electrons. The lowest BCUT2D eigenvalue weighted by molar-refractivity contribution is 0.607. The molecule has 0 aliphatic heterocycles. The third-order valence-electron chi connectivity index (χ3n) is 5.25. The van der Waals surface area contributed by atoms with Gasteiger partial charge in [-0.15, -0.1) is 0 Å². The monoisotopic (exact) mass is 317 g/mol. The van der Waals surface area contributed by atoms with E-state index in [1.165, 1.54) is 33.4 Å². The van der Waals surface area contributed by atoms with Gasteiger partial charge in [0, 0.05) is 5.69 Å². The third kappa shape index (κ3) is 3.03. The van der Waals surface area contributed by atoms with Crippen molar-refractivity contribution in [3.63, 3.8) is 0 Å². The van der Waals surface area contributed by atoms with Crippen molar-refractivity contribution < 1.29 is 0 Å². The number of nitrogens with one attached hydrogen (secondary N) is 1. The van der Waals surface area contributed by atoms with Gasteiger partial charge in [-0.3, -0.25) is 0 Å². The molecule has 2 aromatic rings. The summed E-state index contributed by atoms with van der Waals surface area (Å²) in [6.07, 6.45) is 1.07. The van der Waals surface area contributed by atoms with Crippen LogP contribution >= 0.6 is 0 Å². The van der Waals surface area contributed by atoms with Gasteiger partial charge in [0.25, 0.3) is 0 Å². The molecule has 0 radical (unpaired) electrons. The van der Waals surface area contributed by atoms with E-state index in [1.54, 1.807) is 0 Å². The molecule has 0 heterocycles. The highest BCUT2D eigenvalue weighted by Gasteiger charge is 2.27. The zero-order valence-electron chi connectivity index (χ0n) is 15.4. The van der Waals surface area contributed by atoms with Gasteiger partial charge in [-0.1, -0.05) is 48.0 Å². The van der Waals surface area contributed by atoms with Crippen LogP contribution in [0.5, 0.6) is 0 Å². The maximum absolute atomic E-state index is 3.70. The van der Waals surface area contributed by atoms with E-state index in [0.29, 0.717) is 0 Å². The van der Waals surface area contributed by atoms with E-state index in [2.05, 4.69) is 94.5 Å². The first-order valence-electron chi connectivity index (χ1n) is 8.70. The van der Waals surface area contributed by atoms with Gasteiger partial charge in [0.1, 0.15) is 0 Å². The van der Waals surface area contributed by atoms with Crippen LogP contribution in [0, 0.1) is 0 Å². The number of hydrogen-bond acceptors (Lipinski definition) is 1. The Morgan fingerprint density at radius 1 is 0.792 bits per heavy atom. The van der Waals surface area contributed by atoms with Crippen LogP contribution in [0.3, 0.4) is 0 Å². The molecule has 1 aliphatic carbocycles. The van der Waals surface area contributed by atoms with Crippen molar-refractivity contribution >= 4 is 11.3 Å². The minimum atomic E-state index is -0.143. The summed E-state index contributed by atoms with van der Waals surface area (Å²) in [6.45, 7) is 11.3. The van der Waals surface area contributed by atoms with Gasteiger partial charge in [-0.2, -0.15) is 0 Å². The number of allylic oxidation sites excluding steroid dienone is 4. The summed E-state index contributed by atoms with van der Waals surface area (Å²) in [7, 11) is 0. The second-order valence-corrected chi connectivity index (χ2v) is 7.35. The van der Waals surface area contributed by atoms with Crippen molar-refractivity contribution in [1.82, 2.24) is 0 Å². The van der Waals surface area contributed by atoms with Gasteiger partial charge in [0.2, 0.25) is 0 Å². The Morgan fingerprint density at radius 2 is 1.42 bits per heavy atom. The average Bonchev–Trinajstić information content (AvgIpc) is 2.83. The molecule has 0 unspecified atom stereocenters. The van der Waals surface area contributed by atoms with Crippen molar-refractivity contribution in [2.24, 2.45) is 0 Å². The fourth-order valence-electron chi connectivity index (χ4n) is 3.61. The van der Waals surface area contributed by atoms with Gasteiger partial charge in [0.05, 0.1) is 5.54 Å². The van der Waals surface area contributed by atoms with Crippen LogP contribution in [0.25, 0.3) is 5.57 Å². The molecule has 1 aliphatic rings. The molecular weight excluding hydrogens is 290 g/mol. The van der Waals surface area contributed by atoms with E-state index in [-0.39, 0.29) is 5.54 Å². The Labute approximate surface area is 146 Å². The molecule has 0 aromatic heterocycles. The second kappa shape index (κ2) is 6.32. The van der Waals surface area contributed by atoms with Crippen LogP contribution in [0.2, 0.25) is 0 Å². The molecule has 1 N–H and O–H groups in total. The first-order chi connectivity index (χ1) is 11.4. The van der Waals surface area contributed by atoms with E-state index in [9.17, 15) is 0 Å². The van der Waals surface area contributed by atoms with Crippen LogP contribution < -0.4 is 5.32 Å². The second-order valence-electron chi connectivity index (χ2n) is 7.35. The fourth-order valence-corrected chi connectivity index (χ4v) is 3.61. The number of rotatable bonds is 4. The van der Waals surface area contributed by atoms with Crippen molar-refractivity contribution in [3.05, 3.63) is 82.4 Å². The van der Waals surface area contributed by atoms with Gasteiger partial charge >= 0.3 is 0 Å². The first kappa shape index (κ1) is 16.6. The van der Waals surface area contributed by atoms with E-state index < -0.39 is 0 Å². The summed E-state index contributed by atoms with van der Waals surface area (Å²) in [4.78, 5) is 0. The first-order valence-corrected chi connectivity index (χ1v) is 8.70. The van der Waals surface area contributed by atoms with E-state index in [4.69, 9.17) is 0 Å². The number of para-hydroxylation sites is 1. The average molecular weight is 317 g/mol. The predicted molar refractivity (Wildman–Crippen MR) is 105 cm³/mol. The number of anilines is 1. The largest absolute Gasteiger partial charge is 0.376 e. The SMILES string of the molecule is CC1=C(C)C(C)=C(c2ccccc2C(C)(C)Nc2ccccc2)C1. The maximum Gasteiger partial charge on any atom is 0.0575 e. The molecule has 0 atom stereocenters. The highest BCUT2D eigenvalue weighted by molar-refractivity contribution is 5.80. The summed E-state index contributed by atoms with van der Waals surface area (Å²) in [5.41, 5.74) is 9.60. The zero-order valence-corrected chi connectivity index (χ0v) is 15.4. The lowest BCUT2D eigenvalue weighted by Crippen LogP contribution is -2.29. The van der Waals surface area contributed by atoms with Gasteiger partial charge < -0.3 is 5.32 Å². The molecule has 1 heteroatoms. The molecule has 0 amide bonds. The van der Waals surface area contributed by atoms with Crippen molar-refractivity contribution in [2.45, 2.75) is 46.6 Å². The molecule has 2 aromatic carbocycles. The lowest BCUT2D eigenvalue weighted by Gasteiger charge is -2.31. The number of benzene rings is 2. The normalized spacial score (nSPS) is 15.2. The van der Waals surface area contributed by atoms with Gasteiger partial charge in [-0.25, -0.2) is 0 Å². The summed E-state index contributed by atoms with van der Waals surface area (Å²) in [5.74, 6) is 0. The van der Waals surface area contributed by atoms with Crippen molar-refractivity contribution in [2.75, 3.05) is 5.32 Å². The number of hydrogen-bond donors (Lipinski definition) is 1. The molecule has 1 nitrogen and oxygen atoms in total. The summed E-state index contributed by atoms with van der Waals surface area (Å²) in [6, 6.07) is 19.3. The van der Waals surface area contributed by atoms with Crippen molar-refractivity contribution in [1.29, 1.82) is 0 Å². The minimum Gasteiger partial charge on any atom is -0.376 e. The van der Waals surface area contributed by atoms with E-state index in [0.717, 1.165) is 12.1 Å². The van der Waals surface area contributed by atoms with E-state index >= 15 is 0 Å².